The lowest BCUT2D eigenvalue weighted by Gasteiger charge is -2.07. The van der Waals surface area contributed by atoms with Crippen LogP contribution in [0.25, 0.3) is 0 Å². The van der Waals surface area contributed by atoms with Gasteiger partial charge in [-0.25, -0.2) is 4.39 Å². The van der Waals surface area contributed by atoms with Crippen LogP contribution in [0.5, 0.6) is 0 Å². The third-order valence-corrected chi connectivity index (χ3v) is 2.56. The van der Waals surface area contributed by atoms with E-state index >= 15 is 0 Å². The molecule has 1 aromatic heterocycles. The molecule has 1 N–H and O–H groups in total. The number of halogens is 2. The van der Waals surface area contributed by atoms with Crippen LogP contribution in [0.2, 0.25) is 5.02 Å². The lowest BCUT2D eigenvalue weighted by atomic mass is 10.2. The lowest BCUT2D eigenvalue weighted by Crippen LogP contribution is -2.14. The minimum Gasteiger partial charge on any atom is -0.319 e. The van der Waals surface area contributed by atoms with Gasteiger partial charge in [0.05, 0.1) is 5.69 Å². The number of amides is 1. The van der Waals surface area contributed by atoms with Crippen LogP contribution < -0.4 is 5.32 Å². The van der Waals surface area contributed by atoms with Gasteiger partial charge in [0.1, 0.15) is 23.1 Å². The Kier molecular flexibility index (Phi) is 3.74. The van der Waals surface area contributed by atoms with Crippen molar-refractivity contribution in [2.75, 3.05) is 5.32 Å². The second-order valence-electron chi connectivity index (χ2n) is 3.59. The minimum absolute atomic E-state index is 0.0839. The summed E-state index contributed by atoms with van der Waals surface area (Å²) in [6, 6.07) is 8.58. The number of anilines is 1. The summed E-state index contributed by atoms with van der Waals surface area (Å²) >= 11 is 5.74. The molecule has 0 aliphatic carbocycles. The molecule has 0 atom stereocenters. The van der Waals surface area contributed by atoms with Crippen molar-refractivity contribution in [1.29, 1.82) is 5.26 Å². The topological polar surface area (TPSA) is 65.8 Å². The third-order valence-electron chi connectivity index (χ3n) is 2.33. The first kappa shape index (κ1) is 13.0. The summed E-state index contributed by atoms with van der Waals surface area (Å²) in [5, 5.41) is 11.6. The Morgan fingerprint density at radius 1 is 1.42 bits per heavy atom. The maximum atomic E-state index is 13.4. The van der Waals surface area contributed by atoms with Crippen molar-refractivity contribution in [3.63, 3.8) is 0 Å². The standard InChI is InChI=1S/C13H7ClFN3O/c14-8-4-5-17-12(6-8)13(19)18-11-3-1-2-10(15)9(11)7-16/h1-6H,(H,18,19). The number of rotatable bonds is 2. The first-order valence-electron chi connectivity index (χ1n) is 5.23. The Labute approximate surface area is 113 Å². The van der Waals surface area contributed by atoms with E-state index in [1.54, 1.807) is 6.07 Å². The van der Waals surface area contributed by atoms with Crippen molar-refractivity contribution < 1.29 is 9.18 Å². The molecule has 19 heavy (non-hydrogen) atoms. The van der Waals surface area contributed by atoms with Crippen LogP contribution in [-0.4, -0.2) is 10.9 Å². The molecule has 0 radical (unpaired) electrons. The molecule has 94 valence electrons. The summed E-state index contributed by atoms with van der Waals surface area (Å²) < 4.78 is 13.4. The fourth-order valence-corrected chi connectivity index (χ4v) is 1.62. The Hall–Kier alpha value is -2.45. The molecule has 0 spiro atoms. The molecule has 4 nitrogen and oxygen atoms in total. The van der Waals surface area contributed by atoms with Gasteiger partial charge in [-0.1, -0.05) is 17.7 Å². The van der Waals surface area contributed by atoms with Crippen LogP contribution in [0.3, 0.4) is 0 Å². The van der Waals surface area contributed by atoms with Crippen LogP contribution in [0.15, 0.2) is 36.5 Å². The van der Waals surface area contributed by atoms with Gasteiger partial charge < -0.3 is 5.32 Å². The lowest BCUT2D eigenvalue weighted by molar-refractivity contribution is 0.102. The summed E-state index contributed by atoms with van der Waals surface area (Å²) in [6.45, 7) is 0. The quantitative estimate of drug-likeness (QED) is 0.916. The highest BCUT2D eigenvalue weighted by molar-refractivity contribution is 6.30. The average molecular weight is 276 g/mol. The van der Waals surface area contributed by atoms with Gasteiger partial charge in [-0.15, -0.1) is 0 Å². The van der Waals surface area contributed by atoms with Crippen molar-refractivity contribution in [3.8, 4) is 6.07 Å². The first-order chi connectivity index (χ1) is 9.11. The summed E-state index contributed by atoms with van der Waals surface area (Å²) in [6.07, 6.45) is 1.38. The van der Waals surface area contributed by atoms with E-state index in [0.29, 0.717) is 5.02 Å². The van der Waals surface area contributed by atoms with Crippen molar-refractivity contribution in [1.82, 2.24) is 4.98 Å². The smallest absolute Gasteiger partial charge is 0.274 e. The summed E-state index contributed by atoms with van der Waals surface area (Å²) in [5.74, 6) is -1.26. The Bertz CT molecular complexity index is 682. The number of benzene rings is 1. The van der Waals surface area contributed by atoms with E-state index in [1.165, 1.54) is 30.5 Å². The molecule has 0 fully saturated rings. The molecule has 0 bridgehead atoms. The molecule has 0 saturated heterocycles. The molecule has 0 aliphatic rings. The van der Waals surface area contributed by atoms with Gasteiger partial charge in [0.15, 0.2) is 0 Å². The second-order valence-corrected chi connectivity index (χ2v) is 4.02. The molecule has 1 aromatic carbocycles. The van der Waals surface area contributed by atoms with Crippen LogP contribution in [0.1, 0.15) is 16.1 Å². The Morgan fingerprint density at radius 3 is 2.89 bits per heavy atom. The van der Waals surface area contributed by atoms with Crippen LogP contribution in [0.4, 0.5) is 10.1 Å². The van der Waals surface area contributed by atoms with E-state index in [4.69, 9.17) is 16.9 Å². The van der Waals surface area contributed by atoms with E-state index in [-0.39, 0.29) is 16.9 Å². The number of aromatic nitrogens is 1. The summed E-state index contributed by atoms with van der Waals surface area (Å²) in [7, 11) is 0. The fourth-order valence-electron chi connectivity index (χ4n) is 1.46. The highest BCUT2D eigenvalue weighted by Gasteiger charge is 2.13. The van der Waals surface area contributed by atoms with E-state index in [1.807, 2.05) is 0 Å². The van der Waals surface area contributed by atoms with Gasteiger partial charge in [0.2, 0.25) is 0 Å². The third kappa shape index (κ3) is 2.87. The molecule has 6 heteroatoms. The molecule has 2 aromatic rings. The van der Waals surface area contributed by atoms with Crippen molar-refractivity contribution in [3.05, 3.63) is 58.6 Å². The second kappa shape index (κ2) is 5.46. The number of carbonyl (C=O) groups is 1. The normalized spacial score (nSPS) is 9.74. The van der Waals surface area contributed by atoms with Gasteiger partial charge in [0, 0.05) is 11.2 Å². The molecule has 1 heterocycles. The predicted octanol–water partition coefficient (Wildman–Crippen LogP) is 3.00. The van der Waals surface area contributed by atoms with Gasteiger partial charge in [-0.3, -0.25) is 9.78 Å². The summed E-state index contributed by atoms with van der Waals surface area (Å²) in [4.78, 5) is 15.7. The highest BCUT2D eigenvalue weighted by Crippen LogP contribution is 2.18. The van der Waals surface area contributed by atoms with E-state index < -0.39 is 11.7 Å². The molecule has 0 unspecified atom stereocenters. The van der Waals surface area contributed by atoms with Crippen LogP contribution in [0, 0.1) is 17.1 Å². The van der Waals surface area contributed by atoms with Crippen molar-refractivity contribution in [2.45, 2.75) is 0 Å². The minimum atomic E-state index is -0.695. The number of pyridine rings is 1. The largest absolute Gasteiger partial charge is 0.319 e. The molecular formula is C13H7ClFN3O. The Morgan fingerprint density at radius 2 is 2.21 bits per heavy atom. The number of nitrogens with zero attached hydrogens (tertiary/aromatic N) is 2. The molecule has 1 amide bonds. The van der Waals surface area contributed by atoms with Gasteiger partial charge >= 0.3 is 0 Å². The molecule has 0 aliphatic heterocycles. The van der Waals surface area contributed by atoms with Crippen LogP contribution >= 0.6 is 11.6 Å². The predicted molar refractivity (Wildman–Crippen MR) is 68.3 cm³/mol. The van der Waals surface area contributed by atoms with Gasteiger partial charge in [-0.2, -0.15) is 5.26 Å². The zero-order valence-corrected chi connectivity index (χ0v) is 10.3. The van der Waals surface area contributed by atoms with Gasteiger partial charge in [0.25, 0.3) is 5.91 Å². The fraction of sp³-hybridized carbons (Fsp3) is 0. The monoisotopic (exact) mass is 275 g/mol. The number of nitriles is 1. The number of nitrogens with one attached hydrogen (secondary N) is 1. The van der Waals surface area contributed by atoms with E-state index in [9.17, 15) is 9.18 Å². The maximum absolute atomic E-state index is 13.4. The highest BCUT2D eigenvalue weighted by atomic mass is 35.5. The first-order valence-corrected chi connectivity index (χ1v) is 5.61. The van der Waals surface area contributed by atoms with E-state index in [2.05, 4.69) is 10.3 Å². The van der Waals surface area contributed by atoms with Crippen molar-refractivity contribution in [2.24, 2.45) is 0 Å². The molecular weight excluding hydrogens is 269 g/mol. The zero-order chi connectivity index (χ0) is 13.8. The van der Waals surface area contributed by atoms with Gasteiger partial charge in [-0.05, 0) is 24.3 Å². The summed E-state index contributed by atoms with van der Waals surface area (Å²) in [5.41, 5.74) is -0.0483. The maximum Gasteiger partial charge on any atom is 0.274 e. The zero-order valence-electron chi connectivity index (χ0n) is 9.52. The number of hydrogen-bond donors (Lipinski definition) is 1. The molecule has 2 rings (SSSR count). The SMILES string of the molecule is N#Cc1c(F)cccc1NC(=O)c1cc(Cl)ccn1. The average Bonchev–Trinajstić information content (AvgIpc) is 2.39. The van der Waals surface area contributed by atoms with E-state index in [0.717, 1.165) is 6.07 Å². The molecule has 0 saturated carbocycles. The Balaban J connectivity index is 2.30. The number of hydrogen-bond acceptors (Lipinski definition) is 3. The van der Waals surface area contributed by atoms with Crippen LogP contribution in [-0.2, 0) is 0 Å². The van der Waals surface area contributed by atoms with Crippen molar-refractivity contribution >= 4 is 23.2 Å². The number of carbonyl (C=O) groups excluding carboxylic acids is 1.